The van der Waals surface area contributed by atoms with Gasteiger partial charge in [0.25, 0.3) is 0 Å². The summed E-state index contributed by atoms with van der Waals surface area (Å²) in [6.07, 6.45) is 0.846. The molecule has 0 aliphatic carbocycles. The summed E-state index contributed by atoms with van der Waals surface area (Å²) in [4.78, 5) is 0. The third-order valence-corrected chi connectivity index (χ3v) is 2.95. The van der Waals surface area contributed by atoms with Crippen LogP contribution in [-0.4, -0.2) is 34.1 Å². The molecule has 0 rings (SSSR count). The highest BCUT2D eigenvalue weighted by atomic mass is 32.3. The molecule has 82 valence electrons. The Labute approximate surface area is 78.5 Å². The van der Waals surface area contributed by atoms with Crippen LogP contribution in [0.2, 0.25) is 0 Å². The maximum absolute atomic E-state index is 12.3. The fourth-order valence-electron chi connectivity index (χ4n) is 0.521. The quantitative estimate of drug-likeness (QED) is 0.658. The molecule has 8 heteroatoms. The van der Waals surface area contributed by atoms with Crippen LogP contribution in [0.15, 0.2) is 0 Å². The van der Waals surface area contributed by atoms with E-state index in [2.05, 4.69) is 8.37 Å². The van der Waals surface area contributed by atoms with Crippen LogP contribution in [0.5, 0.6) is 0 Å². The van der Waals surface area contributed by atoms with Crippen LogP contribution in [-0.2, 0) is 18.8 Å². The van der Waals surface area contributed by atoms with Crippen molar-refractivity contribution in [3.05, 3.63) is 0 Å². The van der Waals surface area contributed by atoms with Crippen molar-refractivity contribution < 1.29 is 24.6 Å². The first kappa shape index (κ1) is 13.1. The molecule has 0 aromatic rings. The zero-order valence-corrected chi connectivity index (χ0v) is 8.96. The van der Waals surface area contributed by atoms with Crippen LogP contribution in [0.25, 0.3) is 0 Å². The largest absolute Gasteiger partial charge is 0.399 e. The van der Waals surface area contributed by atoms with Gasteiger partial charge in [-0.15, -0.1) is 0 Å². The lowest BCUT2D eigenvalue weighted by atomic mass is 10.5. The Morgan fingerprint density at radius 2 is 1.85 bits per heavy atom. The first-order valence-corrected chi connectivity index (χ1v) is 6.71. The third kappa shape index (κ3) is 8.41. The molecule has 13 heavy (non-hydrogen) atoms. The Hall–Kier alpha value is 0.0800. The van der Waals surface area contributed by atoms with E-state index in [1.165, 1.54) is 0 Å². The van der Waals surface area contributed by atoms with Crippen molar-refractivity contribution in [2.75, 3.05) is 25.7 Å². The zero-order chi connectivity index (χ0) is 10.5. The molecule has 0 aromatic carbocycles. The lowest BCUT2D eigenvalue weighted by Crippen LogP contribution is -2.09. The van der Waals surface area contributed by atoms with Crippen LogP contribution < -0.4 is 0 Å². The minimum atomic E-state index is -3.97. The van der Waals surface area contributed by atoms with Crippen LogP contribution >= 0.6 is 10.8 Å². The molecule has 0 amide bonds. The summed E-state index contributed by atoms with van der Waals surface area (Å²) in [5, 5.41) is 0. The van der Waals surface area contributed by atoms with Gasteiger partial charge >= 0.3 is 10.4 Å². The first-order chi connectivity index (χ1) is 5.77. The molecule has 0 saturated carbocycles. The van der Waals surface area contributed by atoms with Gasteiger partial charge in [-0.1, -0.05) is 0 Å². The van der Waals surface area contributed by atoms with Crippen molar-refractivity contribution in [3.63, 3.8) is 0 Å². The van der Waals surface area contributed by atoms with E-state index in [0.717, 1.165) is 13.4 Å². The number of hydrogen-bond acceptors (Lipinski definition) is 4. The minimum Gasteiger partial charge on any atom is -0.252 e. The van der Waals surface area contributed by atoms with Gasteiger partial charge in [-0.05, 0) is 6.42 Å². The molecule has 0 aromatic heterocycles. The van der Waals surface area contributed by atoms with E-state index in [-0.39, 0.29) is 18.8 Å². The smallest absolute Gasteiger partial charge is 0.252 e. The third-order valence-electron chi connectivity index (χ3n) is 1.08. The monoisotopic (exact) mass is 238 g/mol. The van der Waals surface area contributed by atoms with Gasteiger partial charge in [0, 0.05) is 12.0 Å². The average Bonchev–Trinajstić information content (AvgIpc) is 1.97. The zero-order valence-electron chi connectivity index (χ0n) is 7.33. The summed E-state index contributed by atoms with van der Waals surface area (Å²) < 4.78 is 53.7. The van der Waals surface area contributed by atoms with E-state index in [4.69, 9.17) is 0 Å². The van der Waals surface area contributed by atoms with Gasteiger partial charge in [-0.25, -0.2) is 4.18 Å². The molecule has 0 fully saturated rings. The molecule has 0 aliphatic heterocycles. The Morgan fingerprint density at radius 3 is 2.23 bits per heavy atom. The summed E-state index contributed by atoms with van der Waals surface area (Å²) >= 11 is 0. The Morgan fingerprint density at radius 1 is 1.31 bits per heavy atom. The molecule has 0 radical (unpaired) electrons. The summed E-state index contributed by atoms with van der Waals surface area (Å²) in [5.41, 5.74) is 0. The fraction of sp³-hybridized carbons (Fsp3) is 1.00. The van der Waals surface area contributed by atoms with Crippen molar-refractivity contribution in [2.45, 2.75) is 6.42 Å². The van der Waals surface area contributed by atoms with Crippen molar-refractivity contribution in [1.29, 1.82) is 0 Å². The molecular formula is C5H12F2O4S2. The molecule has 0 saturated heterocycles. The second-order valence-electron chi connectivity index (χ2n) is 2.33. The topological polar surface area (TPSA) is 52.6 Å². The first-order valence-electron chi connectivity index (χ1n) is 3.37. The highest BCUT2D eigenvalue weighted by molar-refractivity contribution is 8.24. The van der Waals surface area contributed by atoms with Gasteiger partial charge in [0.05, 0.1) is 24.5 Å². The van der Waals surface area contributed by atoms with Crippen LogP contribution in [0.3, 0.4) is 0 Å². The average molecular weight is 238 g/mol. The van der Waals surface area contributed by atoms with E-state index in [1.807, 2.05) is 0 Å². The summed E-state index contributed by atoms with van der Waals surface area (Å²) in [7, 11) is -6.60. The van der Waals surface area contributed by atoms with Gasteiger partial charge in [0.2, 0.25) is 0 Å². The second-order valence-corrected chi connectivity index (χ2v) is 5.87. The molecule has 0 spiro atoms. The van der Waals surface area contributed by atoms with Crippen molar-refractivity contribution in [2.24, 2.45) is 0 Å². The lowest BCUT2D eigenvalue weighted by Gasteiger charge is -2.13. The van der Waals surface area contributed by atoms with Crippen LogP contribution in [0.4, 0.5) is 7.77 Å². The molecule has 0 atom stereocenters. The van der Waals surface area contributed by atoms with Gasteiger partial charge in [-0.2, -0.15) is 16.2 Å². The molecule has 0 unspecified atom stereocenters. The Balaban J connectivity index is 3.59. The SMILES string of the molecule is COS(=O)(=O)OCCCS(C)(F)F. The molecule has 0 aliphatic rings. The standard InChI is InChI=1S/C5H12F2O4S2/c1-10-13(8,9)11-4-3-5-12(2,6)7/h3-5H2,1-2H3. The van der Waals surface area contributed by atoms with Gasteiger partial charge in [-0.3, -0.25) is 4.18 Å². The molecular weight excluding hydrogens is 226 g/mol. The maximum atomic E-state index is 12.3. The highest BCUT2D eigenvalue weighted by Gasteiger charge is 2.15. The normalized spacial score (nSPS) is 14.5. The van der Waals surface area contributed by atoms with Crippen LogP contribution in [0.1, 0.15) is 6.42 Å². The van der Waals surface area contributed by atoms with Crippen LogP contribution in [0, 0.1) is 0 Å². The molecule has 4 nitrogen and oxygen atoms in total. The highest BCUT2D eigenvalue weighted by Crippen LogP contribution is 2.47. The van der Waals surface area contributed by atoms with Crippen molar-refractivity contribution in [3.8, 4) is 0 Å². The Kier molecular flexibility index (Phi) is 5.11. The predicted octanol–water partition coefficient (Wildman–Crippen LogP) is 1.49. The van der Waals surface area contributed by atoms with E-state index in [9.17, 15) is 16.2 Å². The summed E-state index contributed by atoms with van der Waals surface area (Å²) in [5.74, 6) is -0.327. The van der Waals surface area contributed by atoms with Crippen molar-refractivity contribution in [1.82, 2.24) is 0 Å². The van der Waals surface area contributed by atoms with Gasteiger partial charge in [0.1, 0.15) is 0 Å². The predicted molar refractivity (Wildman–Crippen MR) is 47.1 cm³/mol. The van der Waals surface area contributed by atoms with E-state index in [0.29, 0.717) is 0 Å². The van der Waals surface area contributed by atoms with Crippen molar-refractivity contribution >= 4 is 21.2 Å². The van der Waals surface area contributed by atoms with Gasteiger partial charge < -0.3 is 0 Å². The molecule has 0 bridgehead atoms. The number of hydrogen-bond donors (Lipinski definition) is 0. The molecule has 0 heterocycles. The lowest BCUT2D eigenvalue weighted by molar-refractivity contribution is 0.244. The number of rotatable bonds is 6. The van der Waals surface area contributed by atoms with E-state index < -0.39 is 21.2 Å². The van der Waals surface area contributed by atoms with E-state index in [1.54, 1.807) is 0 Å². The second kappa shape index (κ2) is 5.08. The fourth-order valence-corrected chi connectivity index (χ4v) is 1.56. The van der Waals surface area contributed by atoms with Gasteiger partial charge in [0.15, 0.2) is 0 Å². The summed E-state index contributed by atoms with van der Waals surface area (Å²) in [6.45, 7) is -0.271. The maximum Gasteiger partial charge on any atom is 0.399 e. The summed E-state index contributed by atoms with van der Waals surface area (Å²) in [6, 6.07) is 0. The van der Waals surface area contributed by atoms with E-state index >= 15 is 0 Å². The molecule has 0 N–H and O–H groups in total. The minimum absolute atomic E-state index is 0.00141. The Bertz CT molecular complexity index is 233. The number of halogens is 2.